The lowest BCUT2D eigenvalue weighted by molar-refractivity contribution is 0.102. The third kappa shape index (κ3) is 3.46. The van der Waals surface area contributed by atoms with Gasteiger partial charge in [-0.1, -0.05) is 55.5 Å². The molecule has 24 heavy (non-hydrogen) atoms. The van der Waals surface area contributed by atoms with Crippen molar-refractivity contribution in [1.29, 1.82) is 0 Å². The van der Waals surface area contributed by atoms with Gasteiger partial charge >= 0.3 is 0 Å². The zero-order valence-corrected chi connectivity index (χ0v) is 13.6. The van der Waals surface area contributed by atoms with E-state index in [1.54, 1.807) is 12.1 Å². The van der Waals surface area contributed by atoms with Crippen LogP contribution in [0.15, 0.2) is 72.8 Å². The van der Waals surface area contributed by atoms with Crippen molar-refractivity contribution in [3.63, 3.8) is 0 Å². The summed E-state index contributed by atoms with van der Waals surface area (Å²) in [6.45, 7) is 2.14. The molecule has 0 bridgehead atoms. The second-order valence-electron chi connectivity index (χ2n) is 5.67. The van der Waals surface area contributed by atoms with E-state index in [1.165, 1.54) is 5.56 Å². The molecule has 3 aromatic rings. The Labute approximate surface area is 142 Å². The van der Waals surface area contributed by atoms with Crippen LogP contribution in [-0.4, -0.2) is 5.91 Å². The molecule has 0 spiro atoms. The third-order valence-corrected chi connectivity index (χ3v) is 4.02. The molecule has 3 rings (SSSR count). The fourth-order valence-corrected chi connectivity index (χ4v) is 2.59. The first-order chi connectivity index (χ1) is 11.7. The maximum Gasteiger partial charge on any atom is 0.255 e. The second-order valence-corrected chi connectivity index (χ2v) is 5.67. The van der Waals surface area contributed by atoms with Gasteiger partial charge in [0.15, 0.2) is 0 Å². The molecule has 0 fully saturated rings. The van der Waals surface area contributed by atoms with E-state index in [0.717, 1.165) is 17.5 Å². The van der Waals surface area contributed by atoms with E-state index in [1.807, 2.05) is 36.4 Å². The predicted molar refractivity (Wildman–Crippen MR) is 100 cm³/mol. The minimum atomic E-state index is -0.165. The van der Waals surface area contributed by atoms with Gasteiger partial charge in [0.1, 0.15) is 0 Å². The highest BCUT2D eigenvalue weighted by Crippen LogP contribution is 2.22. The lowest BCUT2D eigenvalue weighted by Gasteiger charge is -2.09. The van der Waals surface area contributed by atoms with Gasteiger partial charge in [0.25, 0.3) is 5.91 Å². The highest BCUT2D eigenvalue weighted by Gasteiger charge is 2.08. The van der Waals surface area contributed by atoms with Crippen LogP contribution in [-0.2, 0) is 6.42 Å². The number of anilines is 2. The number of aryl methyl sites for hydroxylation is 1. The minimum Gasteiger partial charge on any atom is -0.397 e. The van der Waals surface area contributed by atoms with Crippen molar-refractivity contribution < 1.29 is 4.79 Å². The summed E-state index contributed by atoms with van der Waals surface area (Å²) in [5.74, 6) is -0.165. The van der Waals surface area contributed by atoms with Crippen LogP contribution in [0.1, 0.15) is 22.8 Å². The number of amides is 1. The molecule has 3 nitrogen and oxygen atoms in total. The monoisotopic (exact) mass is 316 g/mol. The van der Waals surface area contributed by atoms with Crippen LogP contribution in [0.4, 0.5) is 11.4 Å². The van der Waals surface area contributed by atoms with Crippen LogP contribution in [0.3, 0.4) is 0 Å². The van der Waals surface area contributed by atoms with E-state index in [9.17, 15) is 4.79 Å². The summed E-state index contributed by atoms with van der Waals surface area (Å²) >= 11 is 0. The van der Waals surface area contributed by atoms with Crippen molar-refractivity contribution in [2.24, 2.45) is 0 Å². The Bertz CT molecular complexity index is 854. The van der Waals surface area contributed by atoms with E-state index in [-0.39, 0.29) is 5.91 Å². The molecular formula is C21H20N2O. The Hall–Kier alpha value is -3.07. The van der Waals surface area contributed by atoms with Crippen molar-refractivity contribution in [2.75, 3.05) is 11.1 Å². The first kappa shape index (κ1) is 15.8. The van der Waals surface area contributed by atoms with Crippen molar-refractivity contribution in [3.8, 4) is 11.1 Å². The van der Waals surface area contributed by atoms with Crippen LogP contribution in [0.25, 0.3) is 11.1 Å². The summed E-state index contributed by atoms with van der Waals surface area (Å²) in [7, 11) is 0. The first-order valence-corrected chi connectivity index (χ1v) is 8.02. The van der Waals surface area contributed by atoms with E-state index in [0.29, 0.717) is 16.9 Å². The zero-order chi connectivity index (χ0) is 16.9. The average molecular weight is 316 g/mol. The fourth-order valence-electron chi connectivity index (χ4n) is 2.59. The number of rotatable bonds is 4. The van der Waals surface area contributed by atoms with Gasteiger partial charge in [-0.25, -0.2) is 0 Å². The maximum absolute atomic E-state index is 12.3. The molecular weight excluding hydrogens is 296 g/mol. The number of hydrogen-bond donors (Lipinski definition) is 2. The predicted octanol–water partition coefficient (Wildman–Crippen LogP) is 4.75. The summed E-state index contributed by atoms with van der Waals surface area (Å²) in [6, 6.07) is 23.3. The molecule has 0 heterocycles. The first-order valence-electron chi connectivity index (χ1n) is 8.02. The number of para-hydroxylation sites is 2. The second kappa shape index (κ2) is 7.01. The van der Waals surface area contributed by atoms with Gasteiger partial charge < -0.3 is 11.1 Å². The number of nitrogen functional groups attached to an aromatic ring is 1. The van der Waals surface area contributed by atoms with Gasteiger partial charge in [-0.05, 0) is 47.4 Å². The summed E-state index contributed by atoms with van der Waals surface area (Å²) < 4.78 is 0. The highest BCUT2D eigenvalue weighted by atomic mass is 16.1. The quantitative estimate of drug-likeness (QED) is 0.682. The molecule has 3 N–H and O–H groups in total. The van der Waals surface area contributed by atoms with E-state index >= 15 is 0 Å². The van der Waals surface area contributed by atoms with Gasteiger partial charge in [0.05, 0.1) is 11.4 Å². The van der Waals surface area contributed by atoms with Crippen LogP contribution in [0.2, 0.25) is 0 Å². The zero-order valence-electron chi connectivity index (χ0n) is 13.6. The summed E-state index contributed by atoms with van der Waals surface area (Å²) in [5, 5.41) is 2.84. The Morgan fingerprint density at radius 2 is 1.67 bits per heavy atom. The lowest BCUT2D eigenvalue weighted by Crippen LogP contribution is -2.12. The van der Waals surface area contributed by atoms with Gasteiger partial charge in [0.2, 0.25) is 0 Å². The molecule has 0 radical (unpaired) electrons. The maximum atomic E-state index is 12.3. The van der Waals surface area contributed by atoms with Gasteiger partial charge in [-0.2, -0.15) is 0 Å². The van der Waals surface area contributed by atoms with E-state index in [4.69, 9.17) is 5.73 Å². The molecule has 0 aliphatic rings. The number of hydrogen-bond acceptors (Lipinski definition) is 2. The largest absolute Gasteiger partial charge is 0.397 e. The van der Waals surface area contributed by atoms with Crippen LogP contribution in [0.5, 0.6) is 0 Å². The normalized spacial score (nSPS) is 10.4. The van der Waals surface area contributed by atoms with Crippen LogP contribution >= 0.6 is 0 Å². The Morgan fingerprint density at radius 3 is 2.38 bits per heavy atom. The smallest absolute Gasteiger partial charge is 0.255 e. The SMILES string of the molecule is CCc1cccc(-c2ccc(C(=O)Nc3ccccc3N)cc2)c1. The highest BCUT2D eigenvalue weighted by molar-refractivity contribution is 6.05. The molecule has 0 atom stereocenters. The molecule has 120 valence electrons. The van der Waals surface area contributed by atoms with Crippen LogP contribution in [0, 0.1) is 0 Å². The molecule has 0 saturated carbocycles. The number of benzene rings is 3. The standard InChI is InChI=1S/C21H20N2O/c1-2-15-6-5-7-18(14-15)16-10-12-17(13-11-16)21(24)23-20-9-4-3-8-19(20)22/h3-14H,2,22H2,1H3,(H,23,24). The summed E-state index contributed by atoms with van der Waals surface area (Å²) in [5.41, 5.74) is 11.2. The Kier molecular flexibility index (Phi) is 4.62. The fraction of sp³-hybridized carbons (Fsp3) is 0.0952. The molecule has 3 heteroatoms. The third-order valence-electron chi connectivity index (χ3n) is 4.02. The van der Waals surface area contributed by atoms with E-state index < -0.39 is 0 Å². The molecule has 0 aliphatic heterocycles. The van der Waals surface area contributed by atoms with Crippen LogP contribution < -0.4 is 11.1 Å². The summed E-state index contributed by atoms with van der Waals surface area (Å²) in [6.07, 6.45) is 1.01. The molecule has 0 aliphatic carbocycles. The topological polar surface area (TPSA) is 55.1 Å². The van der Waals surface area contributed by atoms with Gasteiger partial charge in [-0.3, -0.25) is 4.79 Å². The Balaban J connectivity index is 1.79. The van der Waals surface area contributed by atoms with E-state index in [2.05, 4.69) is 36.5 Å². The lowest BCUT2D eigenvalue weighted by atomic mass is 10.0. The number of nitrogens with one attached hydrogen (secondary N) is 1. The van der Waals surface area contributed by atoms with Crippen molar-refractivity contribution >= 4 is 17.3 Å². The Morgan fingerprint density at radius 1 is 0.917 bits per heavy atom. The molecule has 0 aromatic heterocycles. The van der Waals surface area contributed by atoms with Gasteiger partial charge in [-0.15, -0.1) is 0 Å². The molecule has 0 unspecified atom stereocenters. The number of nitrogens with two attached hydrogens (primary N) is 1. The molecule has 0 saturated heterocycles. The van der Waals surface area contributed by atoms with Gasteiger partial charge in [0, 0.05) is 5.56 Å². The molecule has 3 aromatic carbocycles. The van der Waals surface area contributed by atoms with Crippen molar-refractivity contribution in [2.45, 2.75) is 13.3 Å². The summed E-state index contributed by atoms with van der Waals surface area (Å²) in [4.78, 5) is 12.3. The number of carbonyl (C=O) groups is 1. The minimum absolute atomic E-state index is 0.165. The van der Waals surface area contributed by atoms with Crippen molar-refractivity contribution in [1.82, 2.24) is 0 Å². The average Bonchev–Trinajstić information content (AvgIpc) is 2.64. The number of carbonyl (C=O) groups excluding carboxylic acids is 1. The van der Waals surface area contributed by atoms with Crippen molar-refractivity contribution in [3.05, 3.63) is 83.9 Å². The molecule has 1 amide bonds.